The Labute approximate surface area is 131 Å². The van der Waals surface area contributed by atoms with Gasteiger partial charge in [-0.05, 0) is 18.4 Å². The number of rotatable bonds is 2. The molecule has 5 nitrogen and oxygen atoms in total. The third-order valence-electron chi connectivity index (χ3n) is 4.50. The zero-order chi connectivity index (χ0) is 15.6. The van der Waals surface area contributed by atoms with Crippen LogP contribution in [0.5, 0.6) is 0 Å². The van der Waals surface area contributed by atoms with Gasteiger partial charge in [0, 0.05) is 19.7 Å². The summed E-state index contributed by atoms with van der Waals surface area (Å²) in [7, 11) is -3.23. The highest BCUT2D eigenvalue weighted by Gasteiger charge is 2.35. The highest BCUT2D eigenvalue weighted by molar-refractivity contribution is 7.91. The van der Waals surface area contributed by atoms with Crippen LogP contribution in [0.3, 0.4) is 0 Å². The third kappa shape index (κ3) is 3.17. The quantitative estimate of drug-likeness (QED) is 0.825. The number of ether oxygens (including phenoxy) is 1. The predicted octanol–water partition coefficient (Wildman–Crippen LogP) is 1.41. The Morgan fingerprint density at radius 3 is 2.59 bits per heavy atom. The summed E-state index contributed by atoms with van der Waals surface area (Å²) < 4.78 is 30.3. The number of sulfone groups is 1. The van der Waals surface area contributed by atoms with Crippen LogP contribution in [-0.2, 0) is 19.4 Å². The second kappa shape index (κ2) is 6.38. The number of hydrogen-bond donors (Lipinski definition) is 0. The fourth-order valence-electron chi connectivity index (χ4n) is 3.19. The minimum absolute atomic E-state index is 0.0336. The van der Waals surface area contributed by atoms with Crippen molar-refractivity contribution >= 4 is 15.7 Å². The predicted molar refractivity (Wildman–Crippen MR) is 83.1 cm³/mol. The number of hydrogen-bond acceptors (Lipinski definition) is 4. The van der Waals surface area contributed by atoms with Crippen molar-refractivity contribution in [3.05, 3.63) is 35.9 Å². The minimum atomic E-state index is -3.23. The fourth-order valence-corrected chi connectivity index (χ4v) is 4.99. The van der Waals surface area contributed by atoms with Gasteiger partial charge in [0.2, 0.25) is 5.91 Å². The Morgan fingerprint density at radius 2 is 1.91 bits per heavy atom. The summed E-state index contributed by atoms with van der Waals surface area (Å²) in [4.78, 5) is 14.2. The summed E-state index contributed by atoms with van der Waals surface area (Å²) in [5, 5.41) is -0.508. The molecule has 2 aliphatic rings. The largest absolute Gasteiger partial charge is 0.381 e. The van der Waals surface area contributed by atoms with Gasteiger partial charge in [-0.15, -0.1) is 0 Å². The first-order valence-corrected chi connectivity index (χ1v) is 9.42. The van der Waals surface area contributed by atoms with Crippen LogP contribution in [0, 0.1) is 5.92 Å². The van der Waals surface area contributed by atoms with Gasteiger partial charge in [0.15, 0.2) is 9.84 Å². The van der Waals surface area contributed by atoms with Gasteiger partial charge < -0.3 is 9.64 Å². The Kier molecular flexibility index (Phi) is 4.49. The molecule has 1 aromatic carbocycles. The topological polar surface area (TPSA) is 63.7 Å². The Morgan fingerprint density at radius 1 is 1.14 bits per heavy atom. The first kappa shape index (κ1) is 15.5. The number of carbonyl (C=O) groups excluding carboxylic acids is 1. The molecule has 6 heteroatoms. The van der Waals surface area contributed by atoms with Crippen LogP contribution in [0.25, 0.3) is 0 Å². The molecule has 0 bridgehead atoms. The van der Waals surface area contributed by atoms with E-state index in [-0.39, 0.29) is 17.6 Å². The maximum Gasteiger partial charge on any atom is 0.228 e. The Bertz CT molecular complexity index is 623. The van der Waals surface area contributed by atoms with Crippen molar-refractivity contribution in [2.75, 3.05) is 32.1 Å². The average Bonchev–Trinajstić information content (AvgIpc) is 3.00. The molecule has 0 unspecified atom stereocenters. The van der Waals surface area contributed by atoms with E-state index in [1.54, 1.807) is 4.90 Å². The van der Waals surface area contributed by atoms with E-state index < -0.39 is 15.1 Å². The lowest BCUT2D eigenvalue weighted by Gasteiger charge is -2.22. The van der Waals surface area contributed by atoms with E-state index in [4.69, 9.17) is 4.74 Å². The Balaban J connectivity index is 1.76. The van der Waals surface area contributed by atoms with E-state index in [2.05, 4.69) is 0 Å². The summed E-state index contributed by atoms with van der Waals surface area (Å²) in [5.74, 6) is -0.0244. The normalized spacial score (nSPS) is 28.3. The fraction of sp³-hybridized carbons (Fsp3) is 0.562. The van der Waals surface area contributed by atoms with E-state index >= 15 is 0 Å². The maximum absolute atomic E-state index is 12.5. The number of benzene rings is 1. The van der Waals surface area contributed by atoms with Crippen LogP contribution < -0.4 is 0 Å². The van der Waals surface area contributed by atoms with Crippen molar-refractivity contribution in [1.29, 1.82) is 0 Å². The maximum atomic E-state index is 12.5. The van der Waals surface area contributed by atoms with Gasteiger partial charge in [-0.2, -0.15) is 0 Å². The van der Waals surface area contributed by atoms with Crippen molar-refractivity contribution in [2.45, 2.75) is 18.1 Å². The van der Waals surface area contributed by atoms with Crippen molar-refractivity contribution < 1.29 is 17.9 Å². The second-order valence-electron chi connectivity index (χ2n) is 5.94. The highest BCUT2D eigenvalue weighted by atomic mass is 32.2. The zero-order valence-electron chi connectivity index (χ0n) is 12.5. The van der Waals surface area contributed by atoms with Gasteiger partial charge in [-0.3, -0.25) is 4.79 Å². The van der Waals surface area contributed by atoms with Gasteiger partial charge >= 0.3 is 0 Å². The van der Waals surface area contributed by atoms with Crippen molar-refractivity contribution in [3.8, 4) is 0 Å². The van der Waals surface area contributed by atoms with E-state index in [1.807, 2.05) is 30.3 Å². The molecule has 0 aromatic heterocycles. The van der Waals surface area contributed by atoms with Gasteiger partial charge in [0.05, 0.1) is 23.5 Å². The number of nitrogens with zero attached hydrogens (tertiary/aromatic N) is 1. The van der Waals surface area contributed by atoms with Crippen molar-refractivity contribution in [2.24, 2.45) is 5.92 Å². The van der Waals surface area contributed by atoms with E-state index in [0.717, 1.165) is 12.0 Å². The molecule has 1 aromatic rings. The molecule has 0 aliphatic carbocycles. The molecular formula is C16H21NO4S. The molecule has 2 saturated heterocycles. The lowest BCUT2D eigenvalue weighted by Crippen LogP contribution is -2.38. The van der Waals surface area contributed by atoms with Crippen LogP contribution in [-0.4, -0.2) is 51.3 Å². The summed E-state index contributed by atoms with van der Waals surface area (Å²) >= 11 is 0. The van der Waals surface area contributed by atoms with Crippen LogP contribution >= 0.6 is 0 Å². The first-order valence-electron chi connectivity index (χ1n) is 7.71. The monoisotopic (exact) mass is 323 g/mol. The third-order valence-corrected chi connectivity index (χ3v) is 6.63. The number of carbonyl (C=O) groups is 1. The van der Waals surface area contributed by atoms with E-state index in [0.29, 0.717) is 32.7 Å². The average molecular weight is 323 g/mol. The zero-order valence-corrected chi connectivity index (χ0v) is 13.3. The lowest BCUT2D eigenvalue weighted by molar-refractivity contribution is -0.135. The first-order chi connectivity index (χ1) is 10.6. The second-order valence-corrected chi connectivity index (χ2v) is 8.24. The van der Waals surface area contributed by atoms with Crippen LogP contribution in [0.1, 0.15) is 23.7 Å². The SMILES string of the molecule is O=C([C@H]1CCOC1)N1CC[C@@H](c2ccccc2)S(=O)(=O)CC1. The smallest absolute Gasteiger partial charge is 0.228 e. The molecule has 0 radical (unpaired) electrons. The summed E-state index contributed by atoms with van der Waals surface area (Å²) in [6.45, 7) is 1.87. The van der Waals surface area contributed by atoms with Crippen LogP contribution in [0.2, 0.25) is 0 Å². The molecule has 0 saturated carbocycles. The molecule has 120 valence electrons. The molecular weight excluding hydrogens is 302 g/mol. The van der Waals surface area contributed by atoms with E-state index in [1.165, 1.54) is 0 Å². The molecule has 2 heterocycles. The molecule has 2 aliphatic heterocycles. The van der Waals surface area contributed by atoms with Crippen LogP contribution in [0.4, 0.5) is 0 Å². The van der Waals surface area contributed by atoms with Gasteiger partial charge in [0.1, 0.15) is 0 Å². The summed E-state index contributed by atoms with van der Waals surface area (Å²) in [6.07, 6.45) is 1.20. The molecule has 0 N–H and O–H groups in total. The van der Waals surface area contributed by atoms with Crippen molar-refractivity contribution in [1.82, 2.24) is 4.90 Å². The van der Waals surface area contributed by atoms with Crippen LogP contribution in [0.15, 0.2) is 30.3 Å². The van der Waals surface area contributed by atoms with Gasteiger partial charge in [-0.1, -0.05) is 30.3 Å². The minimum Gasteiger partial charge on any atom is -0.381 e. The highest BCUT2D eigenvalue weighted by Crippen LogP contribution is 2.30. The molecule has 2 atom stereocenters. The summed E-state index contributed by atoms with van der Waals surface area (Å²) in [6, 6.07) is 9.29. The molecule has 1 amide bonds. The molecule has 3 rings (SSSR count). The summed E-state index contributed by atoms with van der Waals surface area (Å²) in [5.41, 5.74) is 0.820. The lowest BCUT2D eigenvalue weighted by atomic mass is 10.1. The van der Waals surface area contributed by atoms with Gasteiger partial charge in [-0.25, -0.2) is 8.42 Å². The Hall–Kier alpha value is -1.40. The molecule has 22 heavy (non-hydrogen) atoms. The number of amides is 1. The van der Waals surface area contributed by atoms with E-state index in [9.17, 15) is 13.2 Å². The molecule has 2 fully saturated rings. The molecule has 0 spiro atoms. The standard InChI is InChI=1S/C16H21NO4S/c18-16(14-7-10-21-12-14)17-8-6-15(22(19,20)11-9-17)13-4-2-1-3-5-13/h1-5,14-15H,6-12H2/t14-,15-/m0/s1. The van der Waals surface area contributed by atoms with Crippen molar-refractivity contribution in [3.63, 3.8) is 0 Å². The van der Waals surface area contributed by atoms with Gasteiger partial charge in [0.25, 0.3) is 0 Å².